The molecular formula is C26H35N2O7+. The Balaban J connectivity index is 1.44. The molecular weight excluding hydrogens is 452 g/mol. The number of nitrogens with one attached hydrogen (secondary N) is 1. The molecule has 2 heterocycles. The number of carboxylic acids is 2. The fourth-order valence-electron chi connectivity index (χ4n) is 7.97. The zero-order chi connectivity index (χ0) is 24.8. The minimum absolute atomic E-state index is 0.0232. The smallest absolute Gasteiger partial charge is 0.326 e. The number of likely N-dealkylation sites (tertiary alicyclic amines) is 1. The number of piperidine rings is 1. The highest BCUT2D eigenvalue weighted by molar-refractivity contribution is 5.80. The molecule has 9 nitrogen and oxygen atoms in total. The predicted octanol–water partition coefficient (Wildman–Crippen LogP) is 1.49. The summed E-state index contributed by atoms with van der Waals surface area (Å²) in [5.74, 6) is -0.940. The highest BCUT2D eigenvalue weighted by atomic mass is 16.5. The standard InChI is InChI=1S/C26H34N2O7/c1-28(13-14-2-3-14)11-10-25-21-15-4-5-16(27-17(24(32)33)6-7-20(30)31)22(21)35-23(25)18(29)8-9-26(25,34)19(28)12-15/h4-5,14,17-19,23,27,29,34H,2-3,6-13H2,1H3,(H-,30,31,32,33)/p+1/t17-,18?,19+,23-,25-,26+,28+/m0/s1. The SMILES string of the molecule is C[N@+]1(CC2CC2)CC[C@]23c4c5ccc(N[C@@H](CCC(=O)O)C(=O)O)c4O[C@H]2C(O)CC[C@@]3(O)[C@H]1C5. The number of anilines is 1. The van der Waals surface area contributed by atoms with Crippen molar-refractivity contribution in [2.75, 3.05) is 25.5 Å². The van der Waals surface area contributed by atoms with Gasteiger partial charge in [-0.05, 0) is 43.7 Å². The molecule has 2 saturated carbocycles. The van der Waals surface area contributed by atoms with Crippen LogP contribution in [0.15, 0.2) is 12.1 Å². The second-order valence-electron chi connectivity index (χ2n) is 11.8. The van der Waals surface area contributed by atoms with Crippen molar-refractivity contribution >= 4 is 17.6 Å². The van der Waals surface area contributed by atoms with Gasteiger partial charge in [-0.2, -0.15) is 0 Å². The van der Waals surface area contributed by atoms with E-state index in [-0.39, 0.29) is 18.9 Å². The first-order chi connectivity index (χ1) is 16.6. The fraction of sp³-hybridized carbons (Fsp3) is 0.692. The predicted molar refractivity (Wildman–Crippen MR) is 125 cm³/mol. The number of quaternary nitrogens is 1. The summed E-state index contributed by atoms with van der Waals surface area (Å²) in [6.45, 7) is 1.98. The van der Waals surface area contributed by atoms with Crippen molar-refractivity contribution in [1.82, 2.24) is 0 Å². The van der Waals surface area contributed by atoms with Gasteiger partial charge in [-0.25, -0.2) is 4.79 Å². The number of hydrogen-bond acceptors (Lipinski definition) is 6. The van der Waals surface area contributed by atoms with Gasteiger partial charge in [0.05, 0.1) is 37.3 Å². The molecule has 1 saturated heterocycles. The van der Waals surface area contributed by atoms with E-state index in [1.165, 1.54) is 12.8 Å². The van der Waals surface area contributed by atoms with Crippen molar-refractivity contribution in [2.45, 2.75) is 86.7 Å². The van der Waals surface area contributed by atoms with E-state index in [2.05, 4.69) is 12.4 Å². The molecule has 0 amide bonds. The largest absolute Gasteiger partial charge is 0.484 e. The van der Waals surface area contributed by atoms with Gasteiger partial charge in [0, 0.05) is 30.7 Å². The molecule has 2 aliphatic heterocycles. The van der Waals surface area contributed by atoms with Crippen molar-refractivity contribution < 1.29 is 39.2 Å². The van der Waals surface area contributed by atoms with Gasteiger partial charge in [0.2, 0.25) is 0 Å². The van der Waals surface area contributed by atoms with Crippen LogP contribution in [0.25, 0.3) is 0 Å². The van der Waals surface area contributed by atoms with Crippen LogP contribution in [0.3, 0.4) is 0 Å². The van der Waals surface area contributed by atoms with E-state index in [1.54, 1.807) is 0 Å². The van der Waals surface area contributed by atoms with Gasteiger partial charge in [-0.1, -0.05) is 6.07 Å². The molecule has 7 atom stereocenters. The van der Waals surface area contributed by atoms with Gasteiger partial charge in [-0.3, -0.25) is 4.79 Å². The Morgan fingerprint density at radius 2 is 2.00 bits per heavy atom. The normalized spacial score (nSPS) is 39.3. The first kappa shape index (κ1) is 23.1. The van der Waals surface area contributed by atoms with Crippen LogP contribution in [0, 0.1) is 5.92 Å². The molecule has 3 aliphatic carbocycles. The van der Waals surface area contributed by atoms with E-state index in [9.17, 15) is 24.9 Å². The quantitative estimate of drug-likeness (QED) is 0.348. The lowest BCUT2D eigenvalue weighted by Gasteiger charge is -2.65. The summed E-state index contributed by atoms with van der Waals surface area (Å²) < 4.78 is 7.31. The molecule has 2 bridgehead atoms. The summed E-state index contributed by atoms with van der Waals surface area (Å²) in [5.41, 5.74) is 0.778. The summed E-state index contributed by atoms with van der Waals surface area (Å²) >= 11 is 0. The summed E-state index contributed by atoms with van der Waals surface area (Å²) in [5, 5.41) is 45.3. The molecule has 0 radical (unpaired) electrons. The van der Waals surface area contributed by atoms with Crippen LogP contribution in [0.2, 0.25) is 0 Å². The van der Waals surface area contributed by atoms with E-state index in [1.807, 2.05) is 12.1 Å². The highest BCUT2D eigenvalue weighted by Crippen LogP contribution is 2.66. The number of benzene rings is 1. The van der Waals surface area contributed by atoms with E-state index < -0.39 is 41.2 Å². The van der Waals surface area contributed by atoms with Crippen LogP contribution in [0.4, 0.5) is 5.69 Å². The number of carbonyl (C=O) groups is 2. The number of carboxylic acid groups (broad SMARTS) is 2. The molecule has 9 heteroatoms. The Hall–Kier alpha value is -2.36. The summed E-state index contributed by atoms with van der Waals surface area (Å²) in [6, 6.07) is 2.76. The minimum Gasteiger partial charge on any atom is -0.484 e. The van der Waals surface area contributed by atoms with Crippen molar-refractivity contribution in [3.05, 3.63) is 23.3 Å². The number of aliphatic carboxylic acids is 2. The average molecular weight is 488 g/mol. The number of likely N-dealkylation sites (N-methyl/N-ethyl adjacent to an activating group) is 1. The van der Waals surface area contributed by atoms with E-state index >= 15 is 0 Å². The minimum atomic E-state index is -1.13. The van der Waals surface area contributed by atoms with Crippen LogP contribution < -0.4 is 10.1 Å². The molecule has 5 aliphatic rings. The number of ether oxygens (including phenoxy) is 1. The van der Waals surface area contributed by atoms with Crippen LogP contribution in [0.1, 0.15) is 56.1 Å². The molecule has 0 aromatic heterocycles. The lowest BCUT2D eigenvalue weighted by molar-refractivity contribution is -0.950. The molecule has 1 spiro atoms. The monoisotopic (exact) mass is 487 g/mol. The zero-order valence-corrected chi connectivity index (χ0v) is 20.1. The van der Waals surface area contributed by atoms with Crippen LogP contribution in [-0.4, -0.2) is 86.9 Å². The second-order valence-corrected chi connectivity index (χ2v) is 11.8. The lowest BCUT2D eigenvalue weighted by Crippen LogP contribution is -2.81. The molecule has 1 aromatic carbocycles. The number of aliphatic hydroxyl groups is 2. The maximum absolute atomic E-state index is 12.5. The first-order valence-corrected chi connectivity index (χ1v) is 12.9. The Morgan fingerprint density at radius 3 is 2.69 bits per heavy atom. The third-order valence-corrected chi connectivity index (χ3v) is 9.74. The topological polar surface area (TPSA) is 136 Å². The van der Waals surface area contributed by atoms with Crippen LogP contribution in [0.5, 0.6) is 5.75 Å². The molecule has 190 valence electrons. The third kappa shape index (κ3) is 3.17. The third-order valence-electron chi connectivity index (χ3n) is 9.74. The molecule has 1 unspecified atom stereocenters. The van der Waals surface area contributed by atoms with Crippen LogP contribution >= 0.6 is 0 Å². The molecule has 5 N–H and O–H groups in total. The van der Waals surface area contributed by atoms with Crippen LogP contribution in [-0.2, 0) is 21.4 Å². The van der Waals surface area contributed by atoms with Crippen molar-refractivity contribution in [3.8, 4) is 5.75 Å². The first-order valence-electron chi connectivity index (χ1n) is 12.9. The summed E-state index contributed by atoms with van der Waals surface area (Å²) in [6.07, 6.45) is 3.29. The van der Waals surface area contributed by atoms with Crippen molar-refractivity contribution in [1.29, 1.82) is 0 Å². The molecule has 6 rings (SSSR count). The summed E-state index contributed by atoms with van der Waals surface area (Å²) in [4.78, 5) is 22.9. The van der Waals surface area contributed by atoms with Gasteiger partial charge in [0.25, 0.3) is 0 Å². The Kier molecular flexibility index (Phi) is 4.99. The van der Waals surface area contributed by atoms with Gasteiger partial charge < -0.3 is 35.0 Å². The van der Waals surface area contributed by atoms with Gasteiger partial charge >= 0.3 is 11.9 Å². The Morgan fingerprint density at radius 1 is 1.23 bits per heavy atom. The molecule has 35 heavy (non-hydrogen) atoms. The fourth-order valence-corrected chi connectivity index (χ4v) is 7.97. The average Bonchev–Trinajstić information content (AvgIpc) is 3.52. The number of hydrogen-bond donors (Lipinski definition) is 5. The maximum Gasteiger partial charge on any atom is 0.326 e. The van der Waals surface area contributed by atoms with E-state index in [4.69, 9.17) is 9.84 Å². The number of rotatable bonds is 8. The molecule has 3 fully saturated rings. The second kappa shape index (κ2) is 7.57. The maximum atomic E-state index is 12.5. The van der Waals surface area contributed by atoms with Crippen molar-refractivity contribution in [3.63, 3.8) is 0 Å². The summed E-state index contributed by atoms with van der Waals surface area (Å²) in [7, 11) is 2.28. The lowest BCUT2D eigenvalue weighted by atomic mass is 9.48. The zero-order valence-electron chi connectivity index (χ0n) is 20.1. The Bertz CT molecular complexity index is 1090. The Labute approximate surface area is 204 Å². The van der Waals surface area contributed by atoms with Gasteiger partial charge in [0.15, 0.2) is 0 Å². The highest BCUT2D eigenvalue weighted by Gasteiger charge is 2.76. The van der Waals surface area contributed by atoms with Gasteiger partial charge in [0.1, 0.15) is 29.5 Å². The number of nitrogens with zero attached hydrogens (tertiary/aromatic N) is 1. The van der Waals surface area contributed by atoms with Gasteiger partial charge in [-0.15, -0.1) is 0 Å². The van der Waals surface area contributed by atoms with E-state index in [0.717, 1.165) is 41.0 Å². The number of aliphatic hydroxyl groups excluding tert-OH is 1. The van der Waals surface area contributed by atoms with E-state index in [0.29, 0.717) is 30.7 Å². The molecule has 1 aromatic rings. The van der Waals surface area contributed by atoms with Crippen molar-refractivity contribution in [2.24, 2.45) is 5.92 Å².